The monoisotopic (exact) mass is 363 g/mol. The van der Waals surface area contributed by atoms with E-state index >= 15 is 0 Å². The summed E-state index contributed by atoms with van der Waals surface area (Å²) < 4.78 is 0. The molecule has 0 amide bonds. The van der Waals surface area contributed by atoms with Crippen molar-refractivity contribution in [2.24, 2.45) is 17.8 Å². The van der Waals surface area contributed by atoms with Gasteiger partial charge >= 0.3 is 0 Å². The summed E-state index contributed by atoms with van der Waals surface area (Å²) in [6.07, 6.45) is 17.4. The van der Waals surface area contributed by atoms with Gasteiger partial charge in [0.2, 0.25) is 0 Å². The highest BCUT2D eigenvalue weighted by molar-refractivity contribution is 5.20. The van der Waals surface area contributed by atoms with Crippen LogP contribution in [0.1, 0.15) is 71.1 Å². The maximum atomic E-state index is 10.4. The van der Waals surface area contributed by atoms with Gasteiger partial charge in [-0.1, -0.05) is 56.4 Å². The molecule has 3 heteroatoms. The largest absolute Gasteiger partial charge is 0.392 e. The summed E-state index contributed by atoms with van der Waals surface area (Å²) in [6, 6.07) is 0. The van der Waals surface area contributed by atoms with Crippen LogP contribution in [-0.4, -0.2) is 48.0 Å². The quantitative estimate of drug-likeness (QED) is 0.395. The molecule has 0 aromatic heterocycles. The van der Waals surface area contributed by atoms with Crippen LogP contribution in [0.5, 0.6) is 0 Å². The Morgan fingerprint density at radius 3 is 2.73 bits per heavy atom. The molecular weight excluding hydrogens is 322 g/mol. The number of hydrogen-bond donors (Lipinski definition) is 2. The van der Waals surface area contributed by atoms with Crippen molar-refractivity contribution in [3.63, 3.8) is 0 Å². The number of unbranched alkanes of at least 4 members (excludes halogenated alkanes) is 4. The molecule has 2 rings (SSSR count). The predicted octanol–water partition coefficient (Wildman–Crippen LogP) is 4.55. The van der Waals surface area contributed by atoms with E-state index in [9.17, 15) is 10.2 Å². The third kappa shape index (κ3) is 6.83. The van der Waals surface area contributed by atoms with E-state index in [2.05, 4.69) is 38.1 Å². The highest BCUT2D eigenvalue weighted by atomic mass is 16.3. The number of aliphatic hydroxyl groups excluding tert-OH is 2. The summed E-state index contributed by atoms with van der Waals surface area (Å²) >= 11 is 0. The molecule has 0 aliphatic heterocycles. The van der Waals surface area contributed by atoms with Gasteiger partial charge < -0.3 is 15.1 Å². The second-order valence-electron chi connectivity index (χ2n) is 8.80. The van der Waals surface area contributed by atoms with Crippen LogP contribution in [-0.2, 0) is 0 Å². The number of aliphatic hydroxyl groups is 2. The Bertz CT molecular complexity index is 457. The highest BCUT2D eigenvalue weighted by Crippen LogP contribution is 2.48. The van der Waals surface area contributed by atoms with E-state index in [1.54, 1.807) is 5.57 Å². The van der Waals surface area contributed by atoms with Crippen LogP contribution in [0.15, 0.2) is 23.8 Å². The molecule has 0 aromatic carbocycles. The van der Waals surface area contributed by atoms with Crippen molar-refractivity contribution >= 4 is 0 Å². The Balaban J connectivity index is 1.74. The zero-order chi connectivity index (χ0) is 18.9. The van der Waals surface area contributed by atoms with Crippen molar-refractivity contribution in [3.05, 3.63) is 23.8 Å². The van der Waals surface area contributed by atoms with Gasteiger partial charge in [0.15, 0.2) is 0 Å². The van der Waals surface area contributed by atoms with E-state index in [0.717, 1.165) is 25.7 Å². The first kappa shape index (κ1) is 21.7. The molecular formula is C23H41NO2. The fraction of sp³-hybridized carbons (Fsp3) is 0.826. The lowest BCUT2D eigenvalue weighted by Gasteiger charge is -2.19. The van der Waals surface area contributed by atoms with Crippen molar-refractivity contribution < 1.29 is 10.2 Å². The minimum atomic E-state index is -0.349. The number of nitrogens with zero attached hydrogens (tertiary/aromatic N) is 1. The third-order valence-corrected chi connectivity index (χ3v) is 6.21. The average Bonchev–Trinajstić information content (AvgIpc) is 3.09. The van der Waals surface area contributed by atoms with Gasteiger partial charge in [-0.15, -0.1) is 0 Å². The fourth-order valence-electron chi connectivity index (χ4n) is 4.70. The summed E-state index contributed by atoms with van der Waals surface area (Å²) in [7, 11) is 4.28. The van der Waals surface area contributed by atoms with Crippen molar-refractivity contribution in [1.82, 2.24) is 4.90 Å². The first-order chi connectivity index (χ1) is 12.5. The Labute approximate surface area is 161 Å². The highest BCUT2D eigenvalue weighted by Gasteiger charge is 2.43. The number of allylic oxidation sites excluding steroid dienone is 2. The number of rotatable bonds is 12. The molecule has 2 N–H and O–H groups in total. The smallest absolute Gasteiger partial charge is 0.0721 e. The van der Waals surface area contributed by atoms with E-state index in [1.165, 1.54) is 45.1 Å². The molecule has 0 radical (unpaired) electrons. The summed E-state index contributed by atoms with van der Waals surface area (Å²) in [4.78, 5) is 2.26. The second kappa shape index (κ2) is 11.3. The molecule has 150 valence electrons. The Morgan fingerprint density at radius 2 is 2.00 bits per heavy atom. The molecule has 0 bridgehead atoms. The normalized spacial score (nSPS) is 29.5. The van der Waals surface area contributed by atoms with E-state index in [-0.39, 0.29) is 18.1 Å². The van der Waals surface area contributed by atoms with Crippen LogP contribution in [0.3, 0.4) is 0 Å². The fourth-order valence-corrected chi connectivity index (χ4v) is 4.70. The molecule has 5 atom stereocenters. The topological polar surface area (TPSA) is 43.7 Å². The SMILES string of the molecule is CCCCC[C@H](O)/C=C/[C@H]1C(O)CC2C=C(CCCCCN(C)C)C[C@@H]21. The van der Waals surface area contributed by atoms with Crippen molar-refractivity contribution in [2.75, 3.05) is 20.6 Å². The van der Waals surface area contributed by atoms with Gasteiger partial charge in [0.25, 0.3) is 0 Å². The molecule has 2 aliphatic carbocycles. The van der Waals surface area contributed by atoms with E-state index in [0.29, 0.717) is 11.8 Å². The molecule has 2 unspecified atom stereocenters. The minimum Gasteiger partial charge on any atom is -0.392 e. The summed E-state index contributed by atoms with van der Waals surface area (Å²) in [5.41, 5.74) is 1.61. The first-order valence-electron chi connectivity index (χ1n) is 10.9. The maximum Gasteiger partial charge on any atom is 0.0721 e. The van der Waals surface area contributed by atoms with E-state index < -0.39 is 0 Å². The average molecular weight is 364 g/mol. The van der Waals surface area contributed by atoms with Gasteiger partial charge in [-0.05, 0) is 71.0 Å². The van der Waals surface area contributed by atoms with Gasteiger partial charge in [0, 0.05) is 5.92 Å². The number of hydrogen-bond acceptors (Lipinski definition) is 3. The molecule has 1 saturated carbocycles. The Hall–Kier alpha value is -0.640. The molecule has 0 aromatic rings. The van der Waals surface area contributed by atoms with Crippen LogP contribution in [0.4, 0.5) is 0 Å². The number of fused-ring (bicyclic) bond motifs is 1. The molecule has 1 fully saturated rings. The Morgan fingerprint density at radius 1 is 1.19 bits per heavy atom. The zero-order valence-corrected chi connectivity index (χ0v) is 17.2. The van der Waals surface area contributed by atoms with Crippen LogP contribution >= 0.6 is 0 Å². The Kier molecular flexibility index (Phi) is 9.38. The molecule has 26 heavy (non-hydrogen) atoms. The summed E-state index contributed by atoms with van der Waals surface area (Å²) in [6.45, 7) is 3.37. The van der Waals surface area contributed by atoms with Gasteiger partial charge in [0.1, 0.15) is 0 Å². The van der Waals surface area contributed by atoms with Gasteiger partial charge in [-0.25, -0.2) is 0 Å². The lowest BCUT2D eigenvalue weighted by Crippen LogP contribution is -2.18. The molecule has 3 nitrogen and oxygen atoms in total. The first-order valence-corrected chi connectivity index (χ1v) is 10.9. The summed E-state index contributed by atoms with van der Waals surface area (Å²) in [5.74, 6) is 1.33. The van der Waals surface area contributed by atoms with E-state index in [1.807, 2.05) is 6.08 Å². The van der Waals surface area contributed by atoms with Gasteiger partial charge in [-0.3, -0.25) is 0 Å². The molecule has 2 aliphatic rings. The maximum absolute atomic E-state index is 10.4. The third-order valence-electron chi connectivity index (χ3n) is 6.21. The molecule has 0 saturated heterocycles. The zero-order valence-electron chi connectivity index (χ0n) is 17.2. The van der Waals surface area contributed by atoms with Crippen LogP contribution in [0.2, 0.25) is 0 Å². The lowest BCUT2D eigenvalue weighted by molar-refractivity contribution is 0.139. The van der Waals surface area contributed by atoms with Gasteiger partial charge in [-0.2, -0.15) is 0 Å². The van der Waals surface area contributed by atoms with Crippen molar-refractivity contribution in [2.45, 2.75) is 83.3 Å². The second-order valence-corrected chi connectivity index (χ2v) is 8.80. The van der Waals surface area contributed by atoms with E-state index in [4.69, 9.17) is 0 Å². The minimum absolute atomic E-state index is 0.225. The van der Waals surface area contributed by atoms with Crippen molar-refractivity contribution in [3.8, 4) is 0 Å². The van der Waals surface area contributed by atoms with Gasteiger partial charge in [0.05, 0.1) is 12.2 Å². The van der Waals surface area contributed by atoms with Crippen LogP contribution in [0.25, 0.3) is 0 Å². The standard InChI is InChI=1S/C23H41NO2/c1-4-5-7-11-20(25)12-13-21-22-16-18(15-19(22)17-23(21)26)10-8-6-9-14-24(2)3/h12-13,15,19-23,25-26H,4-11,14,16-17H2,1-3H3/b13-12+/t19?,20-,21+,22-,23?/m0/s1. The molecule has 0 spiro atoms. The van der Waals surface area contributed by atoms with Crippen LogP contribution in [0, 0.1) is 17.8 Å². The van der Waals surface area contributed by atoms with Crippen LogP contribution < -0.4 is 0 Å². The van der Waals surface area contributed by atoms with Crippen molar-refractivity contribution in [1.29, 1.82) is 0 Å². The summed E-state index contributed by atoms with van der Waals surface area (Å²) in [5, 5.41) is 20.6. The predicted molar refractivity (Wildman–Crippen MR) is 110 cm³/mol. The lowest BCUT2D eigenvalue weighted by atomic mass is 9.88. The molecule has 0 heterocycles.